The molecule has 0 aromatic carbocycles. The summed E-state index contributed by atoms with van der Waals surface area (Å²) >= 11 is 0. The van der Waals surface area contributed by atoms with E-state index in [2.05, 4.69) is 29.7 Å². The van der Waals surface area contributed by atoms with Crippen molar-refractivity contribution in [3.05, 3.63) is 30.1 Å². The lowest BCUT2D eigenvalue weighted by Gasteiger charge is -2.02. The summed E-state index contributed by atoms with van der Waals surface area (Å²) in [6, 6.07) is 6.08. The molecule has 0 N–H and O–H groups in total. The molecule has 122 valence electrons. The standard InChI is InChI=1S/C21H34N/c1-3-5-6-7-8-9-10-11-12-13-14-16-19-22-20-17-15-18-21(22)4-2/h2,15,17-18,20H,3,5-14,16,19H2,1H3/q+1. The Balaban J connectivity index is 1.91. The molecule has 0 aliphatic carbocycles. The Labute approximate surface area is 138 Å². The normalized spacial score (nSPS) is 10.5. The summed E-state index contributed by atoms with van der Waals surface area (Å²) in [5, 5.41) is 0. The van der Waals surface area contributed by atoms with Crippen LogP contribution in [0.5, 0.6) is 0 Å². The first-order chi connectivity index (χ1) is 10.9. The SMILES string of the molecule is C#Cc1cccc[n+]1CCCCCCCCCCCCCC. The van der Waals surface area contributed by atoms with E-state index in [-0.39, 0.29) is 0 Å². The second-order valence-corrected chi connectivity index (χ2v) is 6.31. The smallest absolute Gasteiger partial charge is 0.191 e. The van der Waals surface area contributed by atoms with E-state index in [0.29, 0.717) is 0 Å². The molecule has 1 aromatic rings. The van der Waals surface area contributed by atoms with E-state index in [0.717, 1.165) is 12.2 Å². The van der Waals surface area contributed by atoms with Gasteiger partial charge >= 0.3 is 0 Å². The fraction of sp³-hybridized carbons (Fsp3) is 0.667. The lowest BCUT2D eigenvalue weighted by Crippen LogP contribution is -2.36. The minimum absolute atomic E-state index is 0.991. The third-order valence-electron chi connectivity index (χ3n) is 4.34. The largest absolute Gasteiger partial charge is 0.256 e. The zero-order chi connectivity index (χ0) is 15.9. The summed E-state index contributed by atoms with van der Waals surface area (Å²) in [6.07, 6.45) is 24.3. The van der Waals surface area contributed by atoms with E-state index < -0.39 is 0 Å². The lowest BCUT2D eigenvalue weighted by atomic mass is 10.1. The average Bonchev–Trinajstić information content (AvgIpc) is 2.56. The highest BCUT2D eigenvalue weighted by Gasteiger charge is 2.05. The van der Waals surface area contributed by atoms with Gasteiger partial charge in [-0.25, -0.2) is 0 Å². The summed E-state index contributed by atoms with van der Waals surface area (Å²) in [5.41, 5.74) is 0.991. The van der Waals surface area contributed by atoms with Crippen LogP contribution in [-0.2, 0) is 6.54 Å². The molecule has 0 unspecified atom stereocenters. The average molecular weight is 301 g/mol. The van der Waals surface area contributed by atoms with Crippen LogP contribution in [0, 0.1) is 12.3 Å². The summed E-state index contributed by atoms with van der Waals surface area (Å²) < 4.78 is 2.19. The van der Waals surface area contributed by atoms with Crippen molar-refractivity contribution in [3.8, 4) is 12.3 Å². The Morgan fingerprint density at radius 3 is 1.91 bits per heavy atom. The Kier molecular flexibility index (Phi) is 11.4. The van der Waals surface area contributed by atoms with Crippen LogP contribution >= 0.6 is 0 Å². The monoisotopic (exact) mass is 300 g/mol. The summed E-state index contributed by atoms with van der Waals surface area (Å²) in [4.78, 5) is 0. The topological polar surface area (TPSA) is 3.88 Å². The number of hydrogen-bond acceptors (Lipinski definition) is 0. The van der Waals surface area contributed by atoms with E-state index in [9.17, 15) is 0 Å². The molecule has 1 heterocycles. The Hall–Kier alpha value is -1.29. The number of pyridine rings is 1. The Morgan fingerprint density at radius 2 is 1.36 bits per heavy atom. The molecule has 0 bridgehead atoms. The first-order valence-corrected chi connectivity index (χ1v) is 9.33. The Bertz CT molecular complexity index is 416. The number of terminal acetylenes is 1. The van der Waals surface area contributed by atoms with Crippen molar-refractivity contribution in [2.75, 3.05) is 0 Å². The van der Waals surface area contributed by atoms with Gasteiger partial charge < -0.3 is 0 Å². The fourth-order valence-electron chi connectivity index (χ4n) is 2.93. The number of hydrogen-bond donors (Lipinski definition) is 0. The van der Waals surface area contributed by atoms with Gasteiger partial charge in [0.1, 0.15) is 6.54 Å². The van der Waals surface area contributed by atoms with Gasteiger partial charge in [-0.05, 0) is 18.4 Å². The van der Waals surface area contributed by atoms with Gasteiger partial charge in [-0.3, -0.25) is 0 Å². The fourth-order valence-corrected chi connectivity index (χ4v) is 2.93. The van der Waals surface area contributed by atoms with Crippen molar-refractivity contribution in [1.82, 2.24) is 0 Å². The molecule has 1 nitrogen and oxygen atoms in total. The highest BCUT2D eigenvalue weighted by Crippen LogP contribution is 2.11. The van der Waals surface area contributed by atoms with E-state index in [1.165, 1.54) is 77.0 Å². The summed E-state index contributed by atoms with van der Waals surface area (Å²) in [5.74, 6) is 2.75. The third-order valence-corrected chi connectivity index (χ3v) is 4.34. The van der Waals surface area contributed by atoms with Crippen LogP contribution in [0.4, 0.5) is 0 Å². The minimum Gasteiger partial charge on any atom is -0.191 e. The molecule has 0 saturated carbocycles. The van der Waals surface area contributed by atoms with Crippen LogP contribution < -0.4 is 4.57 Å². The molecule has 1 rings (SSSR count). The quantitative estimate of drug-likeness (QED) is 0.251. The van der Waals surface area contributed by atoms with Gasteiger partial charge in [0.25, 0.3) is 5.69 Å². The number of aryl methyl sites for hydroxylation is 1. The second kappa shape index (κ2) is 13.4. The summed E-state index contributed by atoms with van der Waals surface area (Å²) in [6.45, 7) is 3.33. The van der Waals surface area contributed by atoms with Gasteiger partial charge in [-0.15, -0.1) is 6.42 Å². The van der Waals surface area contributed by atoms with Gasteiger partial charge in [0, 0.05) is 18.6 Å². The van der Waals surface area contributed by atoms with Gasteiger partial charge in [0.2, 0.25) is 0 Å². The predicted molar refractivity (Wildman–Crippen MR) is 95.7 cm³/mol. The van der Waals surface area contributed by atoms with E-state index >= 15 is 0 Å². The molecule has 1 aromatic heterocycles. The maximum absolute atomic E-state index is 5.52. The molecule has 0 radical (unpaired) electrons. The maximum atomic E-state index is 5.52. The van der Waals surface area contributed by atoms with Crippen LogP contribution in [0.15, 0.2) is 24.4 Å². The highest BCUT2D eigenvalue weighted by atomic mass is 14.9. The minimum atomic E-state index is 0.991. The van der Waals surface area contributed by atoms with Gasteiger partial charge in [0.05, 0.1) is 0 Å². The van der Waals surface area contributed by atoms with E-state index in [1.807, 2.05) is 12.1 Å². The molecule has 0 amide bonds. The lowest BCUT2D eigenvalue weighted by molar-refractivity contribution is -0.699. The van der Waals surface area contributed by atoms with Crippen molar-refractivity contribution in [1.29, 1.82) is 0 Å². The third kappa shape index (κ3) is 8.88. The second-order valence-electron chi connectivity index (χ2n) is 6.31. The first-order valence-electron chi connectivity index (χ1n) is 9.33. The first kappa shape index (κ1) is 18.8. The molecule has 0 aliphatic rings. The van der Waals surface area contributed by atoms with Crippen LogP contribution in [0.25, 0.3) is 0 Å². The highest BCUT2D eigenvalue weighted by molar-refractivity contribution is 5.18. The molecular formula is C21H34N+. The molecule has 0 aliphatic heterocycles. The van der Waals surface area contributed by atoms with Crippen molar-refractivity contribution >= 4 is 0 Å². The van der Waals surface area contributed by atoms with Crippen LogP contribution in [-0.4, -0.2) is 0 Å². The number of aromatic nitrogens is 1. The molecule has 0 atom stereocenters. The van der Waals surface area contributed by atoms with Crippen molar-refractivity contribution < 1.29 is 4.57 Å². The molecule has 1 heteroatoms. The van der Waals surface area contributed by atoms with Crippen LogP contribution in [0.1, 0.15) is 89.7 Å². The van der Waals surface area contributed by atoms with E-state index in [4.69, 9.17) is 6.42 Å². The Morgan fingerprint density at radius 1 is 0.818 bits per heavy atom. The number of unbranched alkanes of at least 4 members (excludes halogenated alkanes) is 11. The number of nitrogens with zero attached hydrogens (tertiary/aromatic N) is 1. The van der Waals surface area contributed by atoms with Crippen molar-refractivity contribution in [2.45, 2.75) is 90.5 Å². The van der Waals surface area contributed by atoms with Gasteiger partial charge in [-0.2, -0.15) is 4.57 Å². The predicted octanol–water partition coefficient (Wildman–Crippen LogP) is 5.66. The van der Waals surface area contributed by atoms with Gasteiger partial charge in [0.15, 0.2) is 6.20 Å². The molecule has 0 saturated heterocycles. The number of rotatable bonds is 13. The summed E-state index contributed by atoms with van der Waals surface area (Å²) in [7, 11) is 0. The molecule has 22 heavy (non-hydrogen) atoms. The van der Waals surface area contributed by atoms with E-state index in [1.54, 1.807) is 0 Å². The zero-order valence-corrected chi connectivity index (χ0v) is 14.5. The maximum Gasteiger partial charge on any atom is 0.256 e. The molecule has 0 spiro atoms. The molecular weight excluding hydrogens is 266 g/mol. The van der Waals surface area contributed by atoms with Crippen LogP contribution in [0.2, 0.25) is 0 Å². The van der Waals surface area contributed by atoms with Crippen molar-refractivity contribution in [2.24, 2.45) is 0 Å². The molecule has 0 fully saturated rings. The van der Waals surface area contributed by atoms with Crippen molar-refractivity contribution in [3.63, 3.8) is 0 Å². The van der Waals surface area contributed by atoms with Gasteiger partial charge in [-0.1, -0.05) is 71.1 Å². The zero-order valence-electron chi connectivity index (χ0n) is 14.5. The van der Waals surface area contributed by atoms with Crippen LogP contribution in [0.3, 0.4) is 0 Å².